The summed E-state index contributed by atoms with van der Waals surface area (Å²) in [6, 6.07) is 12.9. The largest absolute Gasteiger partial charge is 0.352 e. The summed E-state index contributed by atoms with van der Waals surface area (Å²) < 4.78 is 26.8. The Morgan fingerprint density at radius 3 is 2.69 bits per heavy atom. The number of hydrogen-bond donors (Lipinski definition) is 1. The van der Waals surface area contributed by atoms with Crippen molar-refractivity contribution < 1.29 is 18.4 Å². The van der Waals surface area contributed by atoms with E-state index in [-0.39, 0.29) is 30.3 Å². The zero-order valence-corrected chi connectivity index (χ0v) is 14.3. The molecule has 4 nitrogen and oxygen atoms in total. The Kier molecular flexibility index (Phi) is 5.61. The molecule has 26 heavy (non-hydrogen) atoms. The van der Waals surface area contributed by atoms with E-state index in [0.717, 1.165) is 30.2 Å². The Balaban J connectivity index is 1.51. The molecule has 1 aliphatic heterocycles. The van der Waals surface area contributed by atoms with Crippen LogP contribution in [0.25, 0.3) is 0 Å². The molecule has 1 atom stereocenters. The molecule has 1 unspecified atom stereocenters. The third-order valence-electron chi connectivity index (χ3n) is 4.56. The fourth-order valence-corrected chi connectivity index (χ4v) is 3.08. The molecule has 1 fully saturated rings. The number of nitrogens with zero attached hydrogens (tertiary/aromatic N) is 1. The Bertz CT molecular complexity index is 796. The molecule has 0 radical (unpaired) electrons. The number of likely N-dealkylation sites (tertiary alicyclic amines) is 1. The van der Waals surface area contributed by atoms with Gasteiger partial charge in [-0.15, -0.1) is 0 Å². The minimum atomic E-state index is -0.571. The van der Waals surface area contributed by atoms with Crippen molar-refractivity contribution in [3.05, 3.63) is 71.3 Å². The molecule has 0 bridgehead atoms. The second kappa shape index (κ2) is 8.08. The topological polar surface area (TPSA) is 49.4 Å². The molecule has 0 spiro atoms. The van der Waals surface area contributed by atoms with E-state index in [1.165, 1.54) is 0 Å². The van der Waals surface area contributed by atoms with E-state index in [1.54, 1.807) is 4.90 Å². The summed E-state index contributed by atoms with van der Waals surface area (Å²) in [6.07, 6.45) is 0.877. The summed E-state index contributed by atoms with van der Waals surface area (Å²) in [4.78, 5) is 26.1. The van der Waals surface area contributed by atoms with Crippen LogP contribution >= 0.6 is 0 Å². The van der Waals surface area contributed by atoms with Crippen molar-refractivity contribution in [2.45, 2.75) is 19.4 Å². The van der Waals surface area contributed by atoms with Gasteiger partial charge in [0, 0.05) is 31.6 Å². The fourth-order valence-electron chi connectivity index (χ4n) is 3.08. The van der Waals surface area contributed by atoms with Crippen LogP contribution in [0.1, 0.15) is 17.5 Å². The summed E-state index contributed by atoms with van der Waals surface area (Å²) in [5.41, 5.74) is 1.22. The highest BCUT2D eigenvalue weighted by atomic mass is 19.1. The van der Waals surface area contributed by atoms with Crippen molar-refractivity contribution in [1.29, 1.82) is 0 Å². The molecule has 1 heterocycles. The van der Waals surface area contributed by atoms with Crippen LogP contribution in [0.5, 0.6) is 0 Å². The van der Waals surface area contributed by atoms with E-state index in [9.17, 15) is 18.4 Å². The van der Waals surface area contributed by atoms with Gasteiger partial charge in [0.05, 0.1) is 5.92 Å². The lowest BCUT2D eigenvalue weighted by molar-refractivity contribution is -0.129. The van der Waals surface area contributed by atoms with Crippen LogP contribution in [0.3, 0.4) is 0 Å². The molecule has 1 N–H and O–H groups in total. The zero-order valence-electron chi connectivity index (χ0n) is 14.3. The van der Waals surface area contributed by atoms with E-state index in [1.807, 2.05) is 30.3 Å². The van der Waals surface area contributed by atoms with Crippen molar-refractivity contribution in [1.82, 2.24) is 10.2 Å². The average molecular weight is 358 g/mol. The molecule has 0 aromatic heterocycles. The molecule has 1 aliphatic rings. The molecular weight excluding hydrogens is 338 g/mol. The van der Waals surface area contributed by atoms with Gasteiger partial charge in [0.25, 0.3) is 0 Å². The Morgan fingerprint density at radius 1 is 1.15 bits per heavy atom. The third kappa shape index (κ3) is 4.45. The maximum atomic E-state index is 13.6. The van der Waals surface area contributed by atoms with Crippen LogP contribution in [0.4, 0.5) is 8.78 Å². The van der Waals surface area contributed by atoms with Gasteiger partial charge in [-0.1, -0.05) is 30.3 Å². The SMILES string of the molecule is O=C(NCc1cc(F)ccc1F)C1CC(=O)N(CCc2ccccc2)C1. The number of benzene rings is 2. The van der Waals surface area contributed by atoms with Crippen molar-refractivity contribution >= 4 is 11.8 Å². The molecule has 3 rings (SSSR count). The van der Waals surface area contributed by atoms with Crippen LogP contribution in [-0.2, 0) is 22.6 Å². The monoisotopic (exact) mass is 358 g/mol. The van der Waals surface area contributed by atoms with Gasteiger partial charge in [-0.05, 0) is 30.2 Å². The van der Waals surface area contributed by atoms with Crippen molar-refractivity contribution in [2.75, 3.05) is 13.1 Å². The smallest absolute Gasteiger partial charge is 0.225 e. The van der Waals surface area contributed by atoms with Gasteiger partial charge in [0.1, 0.15) is 11.6 Å². The predicted molar refractivity (Wildman–Crippen MR) is 93.0 cm³/mol. The van der Waals surface area contributed by atoms with Crippen LogP contribution in [0.15, 0.2) is 48.5 Å². The quantitative estimate of drug-likeness (QED) is 0.863. The van der Waals surface area contributed by atoms with Crippen LogP contribution in [-0.4, -0.2) is 29.8 Å². The van der Waals surface area contributed by atoms with Crippen LogP contribution < -0.4 is 5.32 Å². The van der Waals surface area contributed by atoms with Crippen molar-refractivity contribution in [3.8, 4) is 0 Å². The second-order valence-corrected chi connectivity index (χ2v) is 6.43. The van der Waals surface area contributed by atoms with Crippen LogP contribution in [0, 0.1) is 17.6 Å². The van der Waals surface area contributed by atoms with E-state index in [0.29, 0.717) is 13.1 Å². The Hall–Kier alpha value is -2.76. The van der Waals surface area contributed by atoms with Gasteiger partial charge in [0.15, 0.2) is 0 Å². The summed E-state index contributed by atoms with van der Waals surface area (Å²) >= 11 is 0. The average Bonchev–Trinajstić information content (AvgIpc) is 3.02. The number of halogens is 2. The summed E-state index contributed by atoms with van der Waals surface area (Å²) in [5.74, 6) is -1.96. The fraction of sp³-hybridized carbons (Fsp3) is 0.300. The normalized spacial score (nSPS) is 16.8. The summed E-state index contributed by atoms with van der Waals surface area (Å²) in [5, 5.41) is 2.60. The standard InChI is InChI=1S/C20H20F2N2O2/c21-17-6-7-18(22)15(10-17)12-23-20(26)16-11-19(25)24(13-16)9-8-14-4-2-1-3-5-14/h1-7,10,16H,8-9,11-13H2,(H,23,26). The number of nitrogens with one attached hydrogen (secondary N) is 1. The molecule has 136 valence electrons. The third-order valence-corrected chi connectivity index (χ3v) is 4.56. The van der Waals surface area contributed by atoms with Gasteiger partial charge in [0.2, 0.25) is 11.8 Å². The molecule has 1 saturated heterocycles. The van der Waals surface area contributed by atoms with Gasteiger partial charge < -0.3 is 10.2 Å². The maximum absolute atomic E-state index is 13.6. The van der Waals surface area contributed by atoms with Gasteiger partial charge >= 0.3 is 0 Å². The lowest BCUT2D eigenvalue weighted by Crippen LogP contribution is -2.33. The highest BCUT2D eigenvalue weighted by molar-refractivity contribution is 5.89. The minimum Gasteiger partial charge on any atom is -0.352 e. The van der Waals surface area contributed by atoms with E-state index in [2.05, 4.69) is 5.32 Å². The maximum Gasteiger partial charge on any atom is 0.225 e. The first-order valence-electron chi connectivity index (χ1n) is 8.56. The number of carbonyl (C=O) groups is 2. The lowest BCUT2D eigenvalue weighted by Gasteiger charge is -2.16. The molecule has 0 aliphatic carbocycles. The van der Waals surface area contributed by atoms with Gasteiger partial charge in [-0.25, -0.2) is 8.78 Å². The summed E-state index contributed by atoms with van der Waals surface area (Å²) in [7, 11) is 0. The van der Waals surface area contributed by atoms with Crippen LogP contribution in [0.2, 0.25) is 0 Å². The Labute approximate surface area is 150 Å². The molecule has 2 aromatic carbocycles. The second-order valence-electron chi connectivity index (χ2n) is 6.43. The highest BCUT2D eigenvalue weighted by Crippen LogP contribution is 2.19. The first-order valence-corrected chi connectivity index (χ1v) is 8.56. The number of hydrogen-bond acceptors (Lipinski definition) is 2. The predicted octanol–water partition coefficient (Wildman–Crippen LogP) is 2.67. The number of rotatable bonds is 6. The molecule has 0 saturated carbocycles. The summed E-state index contributed by atoms with van der Waals surface area (Å²) in [6.45, 7) is 0.811. The first kappa shape index (κ1) is 18.0. The molecule has 2 aromatic rings. The molecular formula is C20H20F2N2O2. The Morgan fingerprint density at radius 2 is 1.92 bits per heavy atom. The number of carbonyl (C=O) groups excluding carboxylic acids is 2. The van der Waals surface area contributed by atoms with E-state index >= 15 is 0 Å². The lowest BCUT2D eigenvalue weighted by atomic mass is 10.1. The molecule has 2 amide bonds. The first-order chi connectivity index (χ1) is 12.5. The van der Waals surface area contributed by atoms with E-state index < -0.39 is 17.6 Å². The van der Waals surface area contributed by atoms with Crippen molar-refractivity contribution in [3.63, 3.8) is 0 Å². The van der Waals surface area contributed by atoms with Gasteiger partial charge in [-0.3, -0.25) is 9.59 Å². The highest BCUT2D eigenvalue weighted by Gasteiger charge is 2.33. The molecule has 6 heteroatoms. The minimum absolute atomic E-state index is 0.0574. The van der Waals surface area contributed by atoms with E-state index in [4.69, 9.17) is 0 Å². The van der Waals surface area contributed by atoms with Crippen molar-refractivity contribution in [2.24, 2.45) is 5.92 Å². The zero-order chi connectivity index (χ0) is 18.5. The number of amides is 2. The van der Waals surface area contributed by atoms with Gasteiger partial charge in [-0.2, -0.15) is 0 Å².